The molecule has 0 aromatic heterocycles. The summed E-state index contributed by atoms with van der Waals surface area (Å²) >= 11 is 0. The first-order valence-corrected chi connectivity index (χ1v) is 7.18. The Bertz CT molecular complexity index is 619. The van der Waals surface area contributed by atoms with E-state index in [9.17, 15) is 13.2 Å². The van der Waals surface area contributed by atoms with E-state index >= 15 is 0 Å². The Morgan fingerprint density at radius 2 is 2.05 bits per heavy atom. The number of nitrogens with one attached hydrogen (secondary N) is 1. The van der Waals surface area contributed by atoms with Crippen molar-refractivity contribution in [2.45, 2.75) is 24.3 Å². The van der Waals surface area contributed by atoms with E-state index in [2.05, 4.69) is 4.72 Å². The van der Waals surface area contributed by atoms with E-state index in [1.54, 1.807) is 6.92 Å². The first-order chi connectivity index (χ1) is 8.75. The Balaban J connectivity index is 2.41. The largest absolute Gasteiger partial charge is 0.478 e. The molecule has 6 nitrogen and oxygen atoms in total. The predicted molar refractivity (Wildman–Crippen MR) is 67.7 cm³/mol. The van der Waals surface area contributed by atoms with Gasteiger partial charge in [0.1, 0.15) is 0 Å². The van der Waals surface area contributed by atoms with E-state index in [0.717, 1.165) is 0 Å². The minimum absolute atomic E-state index is 0.0134. The summed E-state index contributed by atoms with van der Waals surface area (Å²) in [6.07, 6.45) is 0. The number of sulfonamides is 1. The van der Waals surface area contributed by atoms with Gasteiger partial charge in [-0.2, -0.15) is 0 Å². The van der Waals surface area contributed by atoms with Crippen LogP contribution in [-0.4, -0.2) is 38.2 Å². The molecule has 0 amide bonds. The zero-order valence-electron chi connectivity index (χ0n) is 10.6. The Morgan fingerprint density at radius 3 is 2.53 bits per heavy atom. The van der Waals surface area contributed by atoms with Gasteiger partial charge in [-0.15, -0.1) is 0 Å². The molecular formula is C12H15NO5S. The molecule has 2 rings (SSSR count). The second kappa shape index (κ2) is 4.59. The number of ether oxygens (including phenoxy) is 1. The fraction of sp³-hybridized carbons (Fsp3) is 0.417. The Hall–Kier alpha value is -1.44. The van der Waals surface area contributed by atoms with Gasteiger partial charge in [-0.05, 0) is 31.5 Å². The summed E-state index contributed by atoms with van der Waals surface area (Å²) in [6.45, 7) is 3.84. The second-order valence-corrected chi connectivity index (χ2v) is 6.54. The third kappa shape index (κ3) is 2.63. The van der Waals surface area contributed by atoms with Crippen molar-refractivity contribution in [2.24, 2.45) is 0 Å². The van der Waals surface area contributed by atoms with Gasteiger partial charge in [0.15, 0.2) is 0 Å². The maximum atomic E-state index is 12.3. The van der Waals surface area contributed by atoms with Gasteiger partial charge in [-0.3, -0.25) is 0 Å². The van der Waals surface area contributed by atoms with Gasteiger partial charge in [0.2, 0.25) is 10.0 Å². The highest BCUT2D eigenvalue weighted by atomic mass is 32.2. The molecule has 0 bridgehead atoms. The number of benzene rings is 1. The van der Waals surface area contributed by atoms with Gasteiger partial charge >= 0.3 is 5.97 Å². The van der Waals surface area contributed by atoms with Crippen molar-refractivity contribution in [3.8, 4) is 0 Å². The maximum Gasteiger partial charge on any atom is 0.335 e. The van der Waals surface area contributed by atoms with Crippen LogP contribution in [0.5, 0.6) is 0 Å². The SMILES string of the molecule is Cc1c(C(=O)O)cccc1S(=O)(=O)NC1(C)COC1. The molecule has 0 aliphatic carbocycles. The normalized spacial score (nSPS) is 17.8. The van der Waals surface area contributed by atoms with E-state index in [0.29, 0.717) is 13.2 Å². The van der Waals surface area contributed by atoms with Crippen molar-refractivity contribution in [2.75, 3.05) is 13.2 Å². The molecular weight excluding hydrogens is 270 g/mol. The monoisotopic (exact) mass is 285 g/mol. The van der Waals surface area contributed by atoms with Crippen LogP contribution in [0, 0.1) is 6.92 Å². The molecule has 0 spiro atoms. The minimum Gasteiger partial charge on any atom is -0.478 e. The number of aromatic carboxylic acids is 1. The van der Waals surface area contributed by atoms with E-state index in [4.69, 9.17) is 9.84 Å². The van der Waals surface area contributed by atoms with Gasteiger partial charge < -0.3 is 9.84 Å². The lowest BCUT2D eigenvalue weighted by Gasteiger charge is -2.38. The molecule has 1 aliphatic heterocycles. The Morgan fingerprint density at radius 1 is 1.42 bits per heavy atom. The molecule has 1 heterocycles. The molecule has 0 atom stereocenters. The molecule has 0 saturated carbocycles. The van der Waals surface area contributed by atoms with Crippen LogP contribution in [0.3, 0.4) is 0 Å². The quantitative estimate of drug-likeness (QED) is 0.852. The van der Waals surface area contributed by atoms with Crippen LogP contribution in [-0.2, 0) is 14.8 Å². The topological polar surface area (TPSA) is 92.7 Å². The van der Waals surface area contributed by atoms with Crippen LogP contribution >= 0.6 is 0 Å². The highest BCUT2D eigenvalue weighted by Gasteiger charge is 2.38. The predicted octanol–water partition coefficient (Wildman–Crippen LogP) is 0.760. The van der Waals surface area contributed by atoms with Crippen LogP contribution in [0.4, 0.5) is 0 Å². The number of carboxylic acids is 1. The number of carboxylic acid groups (broad SMARTS) is 1. The standard InChI is InChI=1S/C12H15NO5S/c1-8-9(11(14)15)4-3-5-10(8)19(16,17)13-12(2)6-18-7-12/h3-5,13H,6-7H2,1-2H3,(H,14,15). The van der Waals surface area contributed by atoms with Gasteiger partial charge in [0.05, 0.1) is 29.2 Å². The summed E-state index contributed by atoms with van der Waals surface area (Å²) in [7, 11) is -3.76. The zero-order chi connectivity index (χ0) is 14.3. The third-order valence-electron chi connectivity index (χ3n) is 3.03. The van der Waals surface area contributed by atoms with Crippen LogP contribution in [0.25, 0.3) is 0 Å². The molecule has 0 unspecified atom stereocenters. The van der Waals surface area contributed by atoms with Crippen molar-refractivity contribution >= 4 is 16.0 Å². The molecule has 7 heteroatoms. The van der Waals surface area contributed by atoms with E-state index in [-0.39, 0.29) is 16.0 Å². The van der Waals surface area contributed by atoms with E-state index in [1.165, 1.54) is 25.1 Å². The van der Waals surface area contributed by atoms with Crippen LogP contribution < -0.4 is 4.72 Å². The lowest BCUT2D eigenvalue weighted by atomic mass is 10.0. The minimum atomic E-state index is -3.76. The number of hydrogen-bond donors (Lipinski definition) is 2. The van der Waals surface area contributed by atoms with Crippen molar-refractivity contribution in [3.63, 3.8) is 0 Å². The number of rotatable bonds is 4. The summed E-state index contributed by atoms with van der Waals surface area (Å²) in [4.78, 5) is 11.0. The van der Waals surface area contributed by atoms with E-state index < -0.39 is 21.5 Å². The fourth-order valence-electron chi connectivity index (χ4n) is 1.98. The average molecular weight is 285 g/mol. The summed E-state index contributed by atoms with van der Waals surface area (Å²) in [5.41, 5.74) is -0.408. The van der Waals surface area contributed by atoms with Gasteiger partial charge in [0, 0.05) is 0 Å². The maximum absolute atomic E-state index is 12.3. The molecule has 0 radical (unpaired) electrons. The fourth-order valence-corrected chi connectivity index (χ4v) is 3.63. The lowest BCUT2D eigenvalue weighted by Crippen LogP contribution is -2.59. The van der Waals surface area contributed by atoms with Crippen molar-refractivity contribution in [3.05, 3.63) is 29.3 Å². The summed E-state index contributed by atoms with van der Waals surface area (Å²) < 4.78 is 32.1. The summed E-state index contributed by atoms with van der Waals surface area (Å²) in [5.74, 6) is -1.15. The van der Waals surface area contributed by atoms with Crippen molar-refractivity contribution < 1.29 is 23.1 Å². The molecule has 1 fully saturated rings. The summed E-state index contributed by atoms with van der Waals surface area (Å²) in [6, 6.07) is 4.20. The molecule has 2 N–H and O–H groups in total. The van der Waals surface area contributed by atoms with Crippen LogP contribution in [0.2, 0.25) is 0 Å². The number of carbonyl (C=O) groups is 1. The lowest BCUT2D eigenvalue weighted by molar-refractivity contribution is -0.0523. The van der Waals surface area contributed by atoms with Gasteiger partial charge in [0.25, 0.3) is 0 Å². The molecule has 1 aliphatic rings. The third-order valence-corrected chi connectivity index (χ3v) is 4.81. The van der Waals surface area contributed by atoms with Gasteiger partial charge in [-0.1, -0.05) is 6.07 Å². The molecule has 1 aromatic carbocycles. The van der Waals surface area contributed by atoms with Crippen molar-refractivity contribution in [1.29, 1.82) is 0 Å². The van der Waals surface area contributed by atoms with Crippen LogP contribution in [0.15, 0.2) is 23.1 Å². The van der Waals surface area contributed by atoms with Crippen molar-refractivity contribution in [1.82, 2.24) is 4.72 Å². The highest BCUT2D eigenvalue weighted by Crippen LogP contribution is 2.23. The first kappa shape index (κ1) is 14.0. The highest BCUT2D eigenvalue weighted by molar-refractivity contribution is 7.89. The first-order valence-electron chi connectivity index (χ1n) is 5.70. The van der Waals surface area contributed by atoms with Gasteiger partial charge in [-0.25, -0.2) is 17.9 Å². The van der Waals surface area contributed by atoms with E-state index in [1.807, 2.05) is 0 Å². The average Bonchev–Trinajstić information content (AvgIpc) is 2.26. The smallest absolute Gasteiger partial charge is 0.335 e. The molecule has 1 aromatic rings. The Kier molecular flexibility index (Phi) is 3.38. The molecule has 19 heavy (non-hydrogen) atoms. The number of hydrogen-bond acceptors (Lipinski definition) is 4. The second-order valence-electron chi connectivity index (χ2n) is 4.89. The summed E-state index contributed by atoms with van der Waals surface area (Å²) in [5, 5.41) is 9.01. The zero-order valence-corrected chi connectivity index (χ0v) is 11.5. The Labute approximate surface area is 111 Å². The molecule has 1 saturated heterocycles. The van der Waals surface area contributed by atoms with Crippen LogP contribution in [0.1, 0.15) is 22.8 Å². The molecule has 104 valence electrons.